The van der Waals surface area contributed by atoms with Crippen molar-refractivity contribution < 1.29 is 23.9 Å². The lowest BCUT2D eigenvalue weighted by Crippen LogP contribution is -2.51. The zero-order chi connectivity index (χ0) is 22.0. The van der Waals surface area contributed by atoms with Gasteiger partial charge >= 0.3 is 11.9 Å². The summed E-state index contributed by atoms with van der Waals surface area (Å²) >= 11 is 0. The lowest BCUT2D eigenvalue weighted by Gasteiger charge is -2.36. The van der Waals surface area contributed by atoms with Crippen LogP contribution in [0.2, 0.25) is 0 Å². The maximum atomic E-state index is 13.7. The fourth-order valence-corrected chi connectivity index (χ4v) is 3.72. The van der Waals surface area contributed by atoms with Crippen LogP contribution in [0, 0.1) is 22.7 Å². The Kier molecular flexibility index (Phi) is 11.6. The predicted molar refractivity (Wildman–Crippen MR) is 112 cm³/mol. The quantitative estimate of drug-likeness (QED) is 0.224. The van der Waals surface area contributed by atoms with Gasteiger partial charge in [0, 0.05) is 0 Å². The number of esters is 2. The first-order chi connectivity index (χ1) is 13.0. The van der Waals surface area contributed by atoms with Gasteiger partial charge in [-0.2, -0.15) is 0 Å². The molecule has 0 bridgehead atoms. The molecule has 28 heavy (non-hydrogen) atoms. The number of unbranched alkanes of at least 4 members (excludes halogenated alkanes) is 2. The highest BCUT2D eigenvalue weighted by atomic mass is 16.5. The second-order valence-electron chi connectivity index (χ2n) is 9.17. The van der Waals surface area contributed by atoms with E-state index < -0.39 is 22.8 Å². The van der Waals surface area contributed by atoms with Gasteiger partial charge in [-0.15, -0.1) is 0 Å². The maximum absolute atomic E-state index is 13.7. The zero-order valence-electron chi connectivity index (χ0n) is 19.4. The van der Waals surface area contributed by atoms with E-state index in [9.17, 15) is 14.4 Å². The Labute approximate surface area is 171 Å². The number of hydrogen-bond acceptors (Lipinski definition) is 5. The smallest absolute Gasteiger partial charge is 0.319 e. The minimum Gasteiger partial charge on any atom is -0.465 e. The first kappa shape index (κ1) is 26.6. The molecule has 0 aromatic heterocycles. The van der Waals surface area contributed by atoms with Crippen molar-refractivity contribution in [2.75, 3.05) is 13.2 Å². The number of ether oxygens (including phenoxy) is 2. The van der Waals surface area contributed by atoms with E-state index in [4.69, 9.17) is 9.47 Å². The van der Waals surface area contributed by atoms with Crippen LogP contribution in [0.15, 0.2) is 0 Å². The largest absolute Gasteiger partial charge is 0.465 e. The first-order valence-electron chi connectivity index (χ1n) is 10.8. The Morgan fingerprint density at radius 1 is 0.714 bits per heavy atom. The molecule has 2 unspecified atom stereocenters. The van der Waals surface area contributed by atoms with Crippen molar-refractivity contribution in [3.05, 3.63) is 0 Å². The first-order valence-corrected chi connectivity index (χ1v) is 10.8. The Balaban J connectivity index is 5.85. The molecule has 0 aliphatic rings. The van der Waals surface area contributed by atoms with Crippen LogP contribution in [-0.4, -0.2) is 30.9 Å². The van der Waals surface area contributed by atoms with Crippen molar-refractivity contribution in [2.24, 2.45) is 22.7 Å². The van der Waals surface area contributed by atoms with Gasteiger partial charge < -0.3 is 9.47 Å². The van der Waals surface area contributed by atoms with Gasteiger partial charge in [0.25, 0.3) is 0 Å². The summed E-state index contributed by atoms with van der Waals surface area (Å²) < 4.78 is 10.9. The normalized spacial score (nSPS) is 15.8. The molecule has 164 valence electrons. The summed E-state index contributed by atoms with van der Waals surface area (Å²) in [6, 6.07) is 0. The summed E-state index contributed by atoms with van der Waals surface area (Å²) in [6.45, 7) is 15.7. The summed E-state index contributed by atoms with van der Waals surface area (Å²) in [5.74, 6) is -1.24. The summed E-state index contributed by atoms with van der Waals surface area (Å²) in [4.78, 5) is 39.6. The van der Waals surface area contributed by atoms with Crippen LogP contribution < -0.4 is 0 Å². The molecule has 5 nitrogen and oxygen atoms in total. The molecule has 0 radical (unpaired) electrons. The van der Waals surface area contributed by atoms with Gasteiger partial charge in [0.2, 0.25) is 0 Å². The molecule has 0 saturated carbocycles. The Morgan fingerprint density at radius 2 is 1.04 bits per heavy atom. The Hall–Kier alpha value is -1.39. The molecule has 0 fully saturated rings. The summed E-state index contributed by atoms with van der Waals surface area (Å²) in [5.41, 5.74) is -2.73. The lowest BCUT2D eigenvalue weighted by molar-refractivity contribution is -0.171. The van der Waals surface area contributed by atoms with Gasteiger partial charge in [-0.25, -0.2) is 0 Å². The maximum Gasteiger partial charge on any atom is 0.319 e. The topological polar surface area (TPSA) is 69.7 Å². The highest BCUT2D eigenvalue weighted by molar-refractivity contribution is 6.14. The van der Waals surface area contributed by atoms with E-state index in [1.54, 1.807) is 13.8 Å². The van der Waals surface area contributed by atoms with Crippen molar-refractivity contribution in [3.8, 4) is 0 Å². The standard InChI is InChI=1S/C23H42O5/c1-9-11-13-27-20(25)22(7,15-17(3)4)19(24)23(8,16-18(5)6)21(26)28-14-12-10-2/h17-18H,9-16H2,1-8H3. The lowest BCUT2D eigenvalue weighted by atomic mass is 9.65. The van der Waals surface area contributed by atoms with Gasteiger partial charge in [-0.3, -0.25) is 14.4 Å². The van der Waals surface area contributed by atoms with Crippen LogP contribution >= 0.6 is 0 Å². The molecule has 0 rings (SSSR count). The summed E-state index contributed by atoms with van der Waals surface area (Å²) in [6.07, 6.45) is 3.98. The van der Waals surface area contributed by atoms with E-state index in [2.05, 4.69) is 0 Å². The zero-order valence-corrected chi connectivity index (χ0v) is 19.4. The second-order valence-corrected chi connectivity index (χ2v) is 9.17. The minimum absolute atomic E-state index is 0.104. The molecule has 2 atom stereocenters. The van der Waals surface area contributed by atoms with Gasteiger partial charge in [0.15, 0.2) is 5.78 Å². The van der Waals surface area contributed by atoms with Crippen LogP contribution in [0.5, 0.6) is 0 Å². The highest BCUT2D eigenvalue weighted by Gasteiger charge is 2.55. The van der Waals surface area contributed by atoms with Crippen LogP contribution in [0.25, 0.3) is 0 Å². The molecule has 0 amide bonds. The third-order valence-corrected chi connectivity index (χ3v) is 5.00. The number of Topliss-reactive ketones (excluding diaryl/α,β-unsaturated/α-hetero) is 1. The number of hydrogen-bond donors (Lipinski definition) is 0. The van der Waals surface area contributed by atoms with Crippen molar-refractivity contribution in [1.82, 2.24) is 0 Å². The van der Waals surface area contributed by atoms with Crippen molar-refractivity contribution in [3.63, 3.8) is 0 Å². The van der Waals surface area contributed by atoms with Crippen molar-refractivity contribution in [1.29, 1.82) is 0 Å². The van der Waals surface area contributed by atoms with Crippen LogP contribution in [0.4, 0.5) is 0 Å². The number of carbonyl (C=O) groups excluding carboxylic acids is 3. The minimum atomic E-state index is -1.37. The molecule has 0 heterocycles. The third kappa shape index (κ3) is 7.56. The molecule has 0 aromatic carbocycles. The summed E-state index contributed by atoms with van der Waals surface area (Å²) in [7, 11) is 0. The molecular formula is C23H42O5. The molecule has 0 aliphatic heterocycles. The van der Waals surface area contributed by atoms with Crippen molar-refractivity contribution in [2.45, 2.75) is 93.9 Å². The average Bonchev–Trinajstić information content (AvgIpc) is 2.59. The molecule has 0 saturated heterocycles. The second kappa shape index (κ2) is 12.2. The number of rotatable bonds is 14. The van der Waals surface area contributed by atoms with Gasteiger partial charge in [0.05, 0.1) is 13.2 Å². The SMILES string of the molecule is CCCCOC(=O)C(C)(CC(C)C)C(=O)C(C)(CC(C)C)C(=O)OCCCC. The van der Waals surface area contributed by atoms with Gasteiger partial charge in [-0.1, -0.05) is 54.4 Å². The van der Waals surface area contributed by atoms with Crippen LogP contribution in [0.3, 0.4) is 0 Å². The molecule has 0 spiro atoms. The van der Waals surface area contributed by atoms with Crippen LogP contribution in [-0.2, 0) is 23.9 Å². The fourth-order valence-electron chi connectivity index (χ4n) is 3.72. The number of ketones is 1. The monoisotopic (exact) mass is 398 g/mol. The molecular weight excluding hydrogens is 356 g/mol. The van der Waals surface area contributed by atoms with Crippen LogP contribution in [0.1, 0.15) is 93.9 Å². The highest BCUT2D eigenvalue weighted by Crippen LogP contribution is 2.41. The van der Waals surface area contributed by atoms with E-state index >= 15 is 0 Å². The average molecular weight is 399 g/mol. The number of carbonyl (C=O) groups is 3. The molecule has 0 aromatic rings. The van der Waals surface area contributed by atoms with Gasteiger partial charge in [-0.05, 0) is 51.4 Å². The van der Waals surface area contributed by atoms with Crippen molar-refractivity contribution >= 4 is 17.7 Å². The molecule has 0 N–H and O–H groups in total. The Bertz CT molecular complexity index is 467. The van der Waals surface area contributed by atoms with E-state index in [1.165, 1.54) is 0 Å². The predicted octanol–water partition coefficient (Wildman–Crippen LogP) is 5.35. The fraction of sp³-hybridized carbons (Fsp3) is 0.870. The summed E-state index contributed by atoms with van der Waals surface area (Å²) in [5, 5.41) is 0. The molecule has 5 heteroatoms. The van der Waals surface area contributed by atoms with E-state index in [0.717, 1.165) is 25.7 Å². The third-order valence-electron chi connectivity index (χ3n) is 5.00. The van der Waals surface area contributed by atoms with Gasteiger partial charge in [0.1, 0.15) is 10.8 Å². The van der Waals surface area contributed by atoms with E-state index in [0.29, 0.717) is 12.8 Å². The van der Waals surface area contributed by atoms with E-state index in [-0.39, 0.29) is 30.8 Å². The van der Waals surface area contributed by atoms with E-state index in [1.807, 2.05) is 41.5 Å². The Morgan fingerprint density at radius 3 is 1.29 bits per heavy atom. The molecule has 0 aliphatic carbocycles.